The molecule has 6 nitrogen and oxygen atoms in total. The number of hydrogen-bond acceptors (Lipinski definition) is 4. The molecule has 2 unspecified atom stereocenters. The molecule has 108 valence electrons. The Kier molecular flexibility index (Phi) is 4.68. The largest absolute Gasteiger partial charge is 0.477 e. The number of amides is 1. The van der Waals surface area contributed by atoms with Crippen molar-refractivity contribution in [1.29, 1.82) is 0 Å². The molecule has 1 fully saturated rings. The number of carboxylic acid groups (broad SMARTS) is 1. The summed E-state index contributed by atoms with van der Waals surface area (Å²) in [4.78, 5) is 26.6. The Morgan fingerprint density at radius 3 is 2.90 bits per heavy atom. The van der Waals surface area contributed by atoms with Crippen molar-refractivity contribution < 1.29 is 19.4 Å². The summed E-state index contributed by atoms with van der Waals surface area (Å²) in [6.07, 6.45) is 2.06. The van der Waals surface area contributed by atoms with E-state index < -0.39 is 5.97 Å². The fourth-order valence-corrected chi connectivity index (χ4v) is 2.28. The SMILES string of the molecule is CC1CC(CNC(=O)c2cccc(C(=O)O)n2)CCO1. The zero-order chi connectivity index (χ0) is 14.5. The van der Waals surface area contributed by atoms with E-state index in [1.54, 1.807) is 0 Å². The van der Waals surface area contributed by atoms with Crippen LogP contribution in [0.1, 0.15) is 40.7 Å². The number of carbonyl (C=O) groups is 2. The van der Waals surface area contributed by atoms with E-state index in [1.807, 2.05) is 6.92 Å². The van der Waals surface area contributed by atoms with Crippen molar-refractivity contribution in [2.75, 3.05) is 13.2 Å². The maximum Gasteiger partial charge on any atom is 0.354 e. The minimum Gasteiger partial charge on any atom is -0.477 e. The molecular formula is C14H18N2O4. The lowest BCUT2D eigenvalue weighted by atomic mass is 9.96. The minimum atomic E-state index is -1.14. The fraction of sp³-hybridized carbons (Fsp3) is 0.500. The molecule has 1 aliphatic rings. The molecule has 0 bridgehead atoms. The van der Waals surface area contributed by atoms with Crippen LogP contribution in [0.4, 0.5) is 0 Å². The predicted molar refractivity (Wildman–Crippen MR) is 71.7 cm³/mol. The number of nitrogens with zero attached hydrogens (tertiary/aromatic N) is 1. The summed E-state index contributed by atoms with van der Waals surface area (Å²) in [5.41, 5.74) is 0.00217. The molecule has 1 aromatic rings. The Balaban J connectivity index is 1.91. The second kappa shape index (κ2) is 6.47. The van der Waals surface area contributed by atoms with Gasteiger partial charge in [0, 0.05) is 13.2 Å². The molecule has 6 heteroatoms. The number of pyridine rings is 1. The van der Waals surface area contributed by atoms with Gasteiger partial charge < -0.3 is 15.2 Å². The number of ether oxygens (including phenoxy) is 1. The lowest BCUT2D eigenvalue weighted by Crippen LogP contribution is -2.34. The van der Waals surface area contributed by atoms with Crippen molar-refractivity contribution >= 4 is 11.9 Å². The van der Waals surface area contributed by atoms with Gasteiger partial charge in [-0.3, -0.25) is 4.79 Å². The highest BCUT2D eigenvalue weighted by atomic mass is 16.5. The normalized spacial score (nSPS) is 22.2. The van der Waals surface area contributed by atoms with Crippen LogP contribution in [-0.4, -0.2) is 41.2 Å². The van der Waals surface area contributed by atoms with Gasteiger partial charge in [-0.2, -0.15) is 0 Å². The summed E-state index contributed by atoms with van der Waals surface area (Å²) in [6, 6.07) is 4.38. The maximum absolute atomic E-state index is 11.9. The first kappa shape index (κ1) is 14.5. The van der Waals surface area contributed by atoms with Gasteiger partial charge in [-0.05, 0) is 37.8 Å². The Hall–Kier alpha value is -1.95. The van der Waals surface area contributed by atoms with Crippen LogP contribution >= 0.6 is 0 Å². The van der Waals surface area contributed by atoms with E-state index in [0.717, 1.165) is 12.8 Å². The third-order valence-electron chi connectivity index (χ3n) is 3.35. The van der Waals surface area contributed by atoms with Gasteiger partial charge in [-0.25, -0.2) is 9.78 Å². The standard InChI is InChI=1S/C14H18N2O4/c1-9-7-10(5-6-20-9)8-15-13(17)11-3-2-4-12(16-11)14(18)19/h2-4,9-10H,5-8H2,1H3,(H,15,17)(H,18,19). The number of hydrogen-bond donors (Lipinski definition) is 2. The summed E-state index contributed by atoms with van der Waals surface area (Å²) in [5, 5.41) is 11.7. The highest BCUT2D eigenvalue weighted by Crippen LogP contribution is 2.18. The average molecular weight is 278 g/mol. The molecule has 1 aliphatic heterocycles. The van der Waals surface area contributed by atoms with Crippen molar-refractivity contribution in [3.63, 3.8) is 0 Å². The number of aromatic carboxylic acids is 1. The predicted octanol–water partition coefficient (Wildman–Crippen LogP) is 1.32. The number of carbonyl (C=O) groups excluding carboxylic acids is 1. The number of aromatic nitrogens is 1. The second-order valence-electron chi connectivity index (χ2n) is 5.00. The van der Waals surface area contributed by atoms with E-state index in [9.17, 15) is 9.59 Å². The smallest absolute Gasteiger partial charge is 0.354 e. The zero-order valence-corrected chi connectivity index (χ0v) is 11.3. The van der Waals surface area contributed by atoms with Crippen molar-refractivity contribution in [3.05, 3.63) is 29.6 Å². The molecule has 1 amide bonds. The van der Waals surface area contributed by atoms with Gasteiger partial charge in [-0.1, -0.05) is 6.07 Å². The van der Waals surface area contributed by atoms with Crippen LogP contribution in [0.15, 0.2) is 18.2 Å². The van der Waals surface area contributed by atoms with Crippen molar-refractivity contribution in [2.24, 2.45) is 5.92 Å². The number of carboxylic acids is 1. The first-order valence-corrected chi connectivity index (χ1v) is 6.66. The first-order chi connectivity index (χ1) is 9.56. The average Bonchev–Trinajstić information content (AvgIpc) is 2.45. The fourth-order valence-electron chi connectivity index (χ4n) is 2.28. The maximum atomic E-state index is 11.9. The minimum absolute atomic E-state index is 0.127. The van der Waals surface area contributed by atoms with Crippen LogP contribution < -0.4 is 5.32 Å². The van der Waals surface area contributed by atoms with Crippen molar-refractivity contribution in [1.82, 2.24) is 10.3 Å². The van der Waals surface area contributed by atoms with E-state index >= 15 is 0 Å². The summed E-state index contributed by atoms with van der Waals surface area (Å²) in [7, 11) is 0. The molecular weight excluding hydrogens is 260 g/mol. The molecule has 0 aromatic carbocycles. The van der Waals surface area contributed by atoms with Crippen LogP contribution in [0.25, 0.3) is 0 Å². The second-order valence-corrected chi connectivity index (χ2v) is 5.00. The molecule has 0 radical (unpaired) electrons. The molecule has 0 spiro atoms. The van der Waals surface area contributed by atoms with Crippen LogP contribution in [0, 0.1) is 5.92 Å². The van der Waals surface area contributed by atoms with Crippen LogP contribution in [-0.2, 0) is 4.74 Å². The van der Waals surface area contributed by atoms with E-state index in [0.29, 0.717) is 19.1 Å². The molecule has 0 saturated carbocycles. The summed E-state index contributed by atoms with van der Waals surface area (Å²) < 4.78 is 5.45. The Morgan fingerprint density at radius 2 is 2.20 bits per heavy atom. The topological polar surface area (TPSA) is 88.5 Å². The summed E-state index contributed by atoms with van der Waals surface area (Å²) >= 11 is 0. The van der Waals surface area contributed by atoms with Gasteiger partial charge in [0.25, 0.3) is 5.91 Å². The highest BCUT2D eigenvalue weighted by Gasteiger charge is 2.20. The van der Waals surface area contributed by atoms with Gasteiger partial charge in [0.1, 0.15) is 11.4 Å². The Labute approximate surface area is 117 Å². The molecule has 2 atom stereocenters. The lowest BCUT2D eigenvalue weighted by molar-refractivity contribution is 0.00300. The third kappa shape index (κ3) is 3.77. The molecule has 2 heterocycles. The Morgan fingerprint density at radius 1 is 1.45 bits per heavy atom. The van der Waals surface area contributed by atoms with E-state index in [-0.39, 0.29) is 23.4 Å². The lowest BCUT2D eigenvalue weighted by Gasteiger charge is -2.27. The molecule has 2 rings (SSSR count). The molecule has 1 saturated heterocycles. The van der Waals surface area contributed by atoms with E-state index in [4.69, 9.17) is 9.84 Å². The van der Waals surface area contributed by atoms with Gasteiger partial charge in [0.15, 0.2) is 0 Å². The van der Waals surface area contributed by atoms with Crippen molar-refractivity contribution in [2.45, 2.75) is 25.9 Å². The molecule has 0 aliphatic carbocycles. The van der Waals surface area contributed by atoms with E-state index in [2.05, 4.69) is 10.3 Å². The monoisotopic (exact) mass is 278 g/mol. The third-order valence-corrected chi connectivity index (χ3v) is 3.35. The quantitative estimate of drug-likeness (QED) is 0.867. The van der Waals surface area contributed by atoms with Gasteiger partial charge in [-0.15, -0.1) is 0 Å². The van der Waals surface area contributed by atoms with Crippen LogP contribution in [0.5, 0.6) is 0 Å². The Bertz CT molecular complexity index is 504. The molecule has 1 aromatic heterocycles. The molecule has 20 heavy (non-hydrogen) atoms. The van der Waals surface area contributed by atoms with E-state index in [1.165, 1.54) is 18.2 Å². The van der Waals surface area contributed by atoms with Gasteiger partial charge in [0.05, 0.1) is 6.10 Å². The summed E-state index contributed by atoms with van der Waals surface area (Å²) in [6.45, 7) is 3.30. The zero-order valence-electron chi connectivity index (χ0n) is 11.3. The number of nitrogens with one attached hydrogen (secondary N) is 1. The van der Waals surface area contributed by atoms with Crippen molar-refractivity contribution in [3.8, 4) is 0 Å². The van der Waals surface area contributed by atoms with Crippen LogP contribution in [0.2, 0.25) is 0 Å². The van der Waals surface area contributed by atoms with Gasteiger partial charge in [0.2, 0.25) is 0 Å². The summed E-state index contributed by atoms with van der Waals surface area (Å²) in [5.74, 6) is -1.09. The number of rotatable bonds is 4. The molecule has 2 N–H and O–H groups in total. The first-order valence-electron chi connectivity index (χ1n) is 6.66. The van der Waals surface area contributed by atoms with Crippen LogP contribution in [0.3, 0.4) is 0 Å². The van der Waals surface area contributed by atoms with Gasteiger partial charge >= 0.3 is 5.97 Å². The highest BCUT2D eigenvalue weighted by molar-refractivity contribution is 5.94.